The van der Waals surface area contributed by atoms with Crippen molar-refractivity contribution in [3.8, 4) is 0 Å². The van der Waals surface area contributed by atoms with Crippen molar-refractivity contribution < 1.29 is 9.90 Å². The number of piperidine rings is 1. The van der Waals surface area contributed by atoms with Crippen LogP contribution in [-0.4, -0.2) is 57.0 Å². The highest BCUT2D eigenvalue weighted by molar-refractivity contribution is 6.27. The van der Waals surface area contributed by atoms with Crippen LogP contribution in [0.3, 0.4) is 0 Å². The molecule has 0 saturated carbocycles. The molecule has 124 valence electrons. The molecular weight excluding hydrogens is 316 g/mol. The zero-order valence-corrected chi connectivity index (χ0v) is 13.7. The lowest BCUT2D eigenvalue weighted by atomic mass is 9.91. The third-order valence-electron chi connectivity index (χ3n) is 4.48. The second-order valence-corrected chi connectivity index (χ2v) is 6.40. The summed E-state index contributed by atoms with van der Waals surface area (Å²) in [6.45, 7) is 1.43. The highest BCUT2D eigenvalue weighted by atomic mass is 35.5. The van der Waals surface area contributed by atoms with E-state index in [0.717, 1.165) is 24.1 Å². The quantitative estimate of drug-likeness (QED) is 0.813. The van der Waals surface area contributed by atoms with Crippen LogP contribution in [0.4, 0.5) is 5.95 Å². The molecule has 1 aliphatic heterocycles. The predicted octanol–water partition coefficient (Wildman–Crippen LogP) is 1.44. The van der Waals surface area contributed by atoms with E-state index < -0.39 is 5.60 Å². The van der Waals surface area contributed by atoms with E-state index in [1.807, 2.05) is 12.3 Å². The molecule has 0 spiro atoms. The number of aromatic nitrogens is 2. The van der Waals surface area contributed by atoms with Crippen molar-refractivity contribution in [2.24, 2.45) is 0 Å². The Kier molecular flexibility index (Phi) is 4.82. The Morgan fingerprint density at radius 2 is 2.22 bits per heavy atom. The number of halogens is 1. The van der Waals surface area contributed by atoms with Gasteiger partial charge in [-0.1, -0.05) is 12.2 Å². The van der Waals surface area contributed by atoms with Crippen molar-refractivity contribution in [2.75, 3.05) is 30.8 Å². The van der Waals surface area contributed by atoms with Crippen LogP contribution >= 0.6 is 11.6 Å². The second-order valence-electron chi connectivity index (χ2n) is 6.13. The molecule has 1 saturated heterocycles. The number of aliphatic hydroxyl groups is 1. The molecular formula is C16H21ClN4O2. The minimum atomic E-state index is -0.845. The number of hydrogen-bond donors (Lipinski definition) is 2. The largest absolute Gasteiger partial charge is 0.388 e. The van der Waals surface area contributed by atoms with Crippen molar-refractivity contribution in [1.82, 2.24) is 14.9 Å². The average molecular weight is 337 g/mol. The van der Waals surface area contributed by atoms with Crippen molar-refractivity contribution >= 4 is 29.5 Å². The van der Waals surface area contributed by atoms with Gasteiger partial charge in [0.05, 0.1) is 11.3 Å². The summed E-state index contributed by atoms with van der Waals surface area (Å²) in [7, 11) is 0. The predicted molar refractivity (Wildman–Crippen MR) is 89.4 cm³/mol. The SMILES string of the molecule is O=C(CCl)N1CCC(O)(CNc2ncc3c(n2)CCC=C3)CC1. The van der Waals surface area contributed by atoms with Crippen molar-refractivity contribution in [2.45, 2.75) is 31.3 Å². The molecule has 0 bridgehead atoms. The van der Waals surface area contributed by atoms with Gasteiger partial charge in [0.2, 0.25) is 11.9 Å². The molecule has 3 rings (SSSR count). The van der Waals surface area contributed by atoms with Crippen molar-refractivity contribution in [1.29, 1.82) is 0 Å². The van der Waals surface area contributed by atoms with Crippen LogP contribution in [0.15, 0.2) is 12.3 Å². The van der Waals surface area contributed by atoms with Crippen molar-refractivity contribution in [3.63, 3.8) is 0 Å². The van der Waals surface area contributed by atoms with E-state index in [4.69, 9.17) is 11.6 Å². The Morgan fingerprint density at radius 3 is 2.96 bits per heavy atom. The number of carbonyl (C=O) groups excluding carboxylic acids is 1. The monoisotopic (exact) mass is 336 g/mol. The molecule has 1 aromatic rings. The van der Waals surface area contributed by atoms with Gasteiger partial charge in [-0.15, -0.1) is 11.6 Å². The van der Waals surface area contributed by atoms with Gasteiger partial charge in [0, 0.05) is 31.4 Å². The highest BCUT2D eigenvalue weighted by Crippen LogP contribution is 2.23. The Labute approximate surface area is 140 Å². The van der Waals surface area contributed by atoms with E-state index in [9.17, 15) is 9.90 Å². The van der Waals surface area contributed by atoms with Gasteiger partial charge in [0.1, 0.15) is 5.88 Å². The number of fused-ring (bicyclic) bond motifs is 1. The molecule has 0 radical (unpaired) electrons. The number of nitrogens with one attached hydrogen (secondary N) is 1. The topological polar surface area (TPSA) is 78.4 Å². The maximum absolute atomic E-state index is 11.6. The van der Waals surface area contributed by atoms with E-state index in [2.05, 4.69) is 21.4 Å². The number of hydrogen-bond acceptors (Lipinski definition) is 5. The molecule has 2 heterocycles. The van der Waals surface area contributed by atoms with Gasteiger partial charge in [-0.2, -0.15) is 0 Å². The Hall–Kier alpha value is -1.66. The molecule has 0 atom stereocenters. The van der Waals surface area contributed by atoms with Gasteiger partial charge >= 0.3 is 0 Å². The second kappa shape index (κ2) is 6.84. The first-order valence-corrected chi connectivity index (χ1v) is 8.45. The fourth-order valence-electron chi connectivity index (χ4n) is 2.96. The lowest BCUT2D eigenvalue weighted by Crippen LogP contribution is -2.50. The maximum atomic E-state index is 11.6. The molecule has 0 unspecified atom stereocenters. The Morgan fingerprint density at radius 1 is 1.43 bits per heavy atom. The summed E-state index contributed by atoms with van der Waals surface area (Å²) < 4.78 is 0. The smallest absolute Gasteiger partial charge is 0.237 e. The number of alkyl halides is 1. The number of carbonyl (C=O) groups is 1. The minimum Gasteiger partial charge on any atom is -0.388 e. The number of rotatable bonds is 4. The summed E-state index contributed by atoms with van der Waals surface area (Å²) in [5, 5.41) is 13.8. The molecule has 2 aliphatic rings. The highest BCUT2D eigenvalue weighted by Gasteiger charge is 2.33. The first-order chi connectivity index (χ1) is 11.1. The lowest BCUT2D eigenvalue weighted by Gasteiger charge is -2.38. The molecule has 1 aliphatic carbocycles. The van der Waals surface area contributed by atoms with Gasteiger partial charge in [0.25, 0.3) is 0 Å². The van der Waals surface area contributed by atoms with E-state index in [-0.39, 0.29) is 11.8 Å². The normalized spacial score (nSPS) is 19.3. The number of anilines is 1. The molecule has 2 N–H and O–H groups in total. The van der Waals surface area contributed by atoms with E-state index in [1.54, 1.807) is 4.90 Å². The van der Waals surface area contributed by atoms with Gasteiger partial charge in [-0.3, -0.25) is 4.79 Å². The van der Waals surface area contributed by atoms with E-state index >= 15 is 0 Å². The molecule has 6 nitrogen and oxygen atoms in total. The Balaban J connectivity index is 1.56. The standard InChI is InChI=1S/C16H21ClN4O2/c17-9-14(22)21-7-5-16(23,6-8-21)11-19-15-18-10-12-3-1-2-4-13(12)20-15/h1,3,10,23H,2,4-9,11H2,(H,18,19,20). The van der Waals surface area contributed by atoms with E-state index in [1.165, 1.54) is 0 Å². The number of allylic oxidation sites excluding steroid dienone is 1. The van der Waals surface area contributed by atoms with Crippen LogP contribution in [0, 0.1) is 0 Å². The molecule has 7 heteroatoms. The average Bonchev–Trinajstić information content (AvgIpc) is 2.60. The third-order valence-corrected chi connectivity index (χ3v) is 4.71. The maximum Gasteiger partial charge on any atom is 0.237 e. The van der Waals surface area contributed by atoms with Crippen LogP contribution in [0.25, 0.3) is 6.08 Å². The summed E-state index contributed by atoms with van der Waals surface area (Å²) in [6, 6.07) is 0. The van der Waals surface area contributed by atoms with Crippen LogP contribution < -0.4 is 5.32 Å². The van der Waals surface area contributed by atoms with Gasteiger partial charge in [-0.05, 0) is 25.7 Å². The summed E-state index contributed by atoms with van der Waals surface area (Å²) in [5.74, 6) is 0.466. The van der Waals surface area contributed by atoms with Crippen molar-refractivity contribution in [3.05, 3.63) is 23.5 Å². The van der Waals surface area contributed by atoms with Crippen LogP contribution in [0.2, 0.25) is 0 Å². The fraction of sp³-hybridized carbons (Fsp3) is 0.562. The summed E-state index contributed by atoms with van der Waals surface area (Å²) >= 11 is 5.57. The number of likely N-dealkylation sites (tertiary alicyclic amines) is 1. The lowest BCUT2D eigenvalue weighted by molar-refractivity contribution is -0.132. The first-order valence-electron chi connectivity index (χ1n) is 7.92. The summed E-state index contributed by atoms with van der Waals surface area (Å²) in [5.41, 5.74) is 1.26. The van der Waals surface area contributed by atoms with E-state index in [0.29, 0.717) is 38.4 Å². The minimum absolute atomic E-state index is 0.00586. The van der Waals surface area contributed by atoms with Crippen LogP contribution in [0.5, 0.6) is 0 Å². The number of amides is 1. The van der Waals surface area contributed by atoms with Gasteiger partial charge in [-0.25, -0.2) is 9.97 Å². The van der Waals surface area contributed by atoms with Gasteiger partial charge < -0.3 is 15.3 Å². The molecule has 1 amide bonds. The number of nitrogens with zero attached hydrogens (tertiary/aromatic N) is 3. The fourth-order valence-corrected chi connectivity index (χ4v) is 3.13. The molecule has 1 fully saturated rings. The number of aryl methyl sites for hydroxylation is 1. The summed E-state index contributed by atoms with van der Waals surface area (Å²) in [6.07, 6.45) is 8.94. The third kappa shape index (κ3) is 3.82. The Bertz CT molecular complexity index is 612. The van der Waals surface area contributed by atoms with Gasteiger partial charge in [0.15, 0.2) is 0 Å². The first kappa shape index (κ1) is 16.2. The van der Waals surface area contributed by atoms with Crippen LogP contribution in [0.1, 0.15) is 30.5 Å². The van der Waals surface area contributed by atoms with Crippen LogP contribution in [-0.2, 0) is 11.2 Å². The molecule has 0 aromatic carbocycles. The zero-order chi connectivity index (χ0) is 16.3. The molecule has 23 heavy (non-hydrogen) atoms. The zero-order valence-electron chi connectivity index (χ0n) is 13.0. The molecule has 1 aromatic heterocycles. The summed E-state index contributed by atoms with van der Waals surface area (Å²) in [4.78, 5) is 22.1.